The van der Waals surface area contributed by atoms with E-state index in [0.29, 0.717) is 41.1 Å². The largest absolute Gasteiger partial charge is 0.345 e. The normalized spacial score (nSPS) is 12.9. The summed E-state index contributed by atoms with van der Waals surface area (Å²) >= 11 is 3.09. The Bertz CT molecular complexity index is 752. The second-order valence-corrected chi connectivity index (χ2v) is 6.34. The second kappa shape index (κ2) is 8.64. The van der Waals surface area contributed by atoms with E-state index in [1.807, 2.05) is 0 Å². The van der Waals surface area contributed by atoms with E-state index in [4.69, 9.17) is 5.73 Å². The van der Waals surface area contributed by atoms with Crippen LogP contribution in [0.4, 0.5) is 13.2 Å². The molecule has 0 aliphatic carbocycles. The van der Waals surface area contributed by atoms with Gasteiger partial charge in [-0.15, -0.1) is 0 Å². The number of pyridine rings is 1. The van der Waals surface area contributed by atoms with Gasteiger partial charge in [-0.3, -0.25) is 4.79 Å². The number of alkyl halides is 2. The Labute approximate surface area is 145 Å². The lowest BCUT2D eigenvalue weighted by molar-refractivity contribution is -0.130. The van der Waals surface area contributed by atoms with Gasteiger partial charge in [0.15, 0.2) is 0 Å². The van der Waals surface area contributed by atoms with E-state index in [1.54, 1.807) is 18.3 Å². The van der Waals surface area contributed by atoms with Crippen LogP contribution in [0.5, 0.6) is 0 Å². The van der Waals surface area contributed by atoms with Crippen LogP contribution in [0.25, 0.3) is 10.8 Å². The summed E-state index contributed by atoms with van der Waals surface area (Å²) in [6.45, 7) is -2.45. The van der Waals surface area contributed by atoms with Crippen molar-refractivity contribution in [1.82, 2.24) is 4.57 Å². The zero-order chi connectivity index (χ0) is 17.7. The SMILES string of the molecule is NC(CCCn1ccc2cc(Br)c(F)cc2c1=O)CCOC(F)F. The van der Waals surface area contributed by atoms with E-state index in [-0.39, 0.29) is 18.2 Å². The van der Waals surface area contributed by atoms with Crippen molar-refractivity contribution in [3.63, 3.8) is 0 Å². The molecule has 0 spiro atoms. The van der Waals surface area contributed by atoms with Crippen LogP contribution in [0.15, 0.2) is 33.7 Å². The van der Waals surface area contributed by atoms with Crippen LogP contribution in [-0.2, 0) is 11.3 Å². The molecule has 1 aromatic carbocycles. The molecular formula is C16H18BrF3N2O2. The lowest BCUT2D eigenvalue weighted by atomic mass is 10.1. The maximum atomic E-state index is 13.6. The molecule has 0 amide bonds. The molecule has 4 nitrogen and oxygen atoms in total. The second-order valence-electron chi connectivity index (χ2n) is 5.49. The quantitative estimate of drug-likeness (QED) is 0.727. The van der Waals surface area contributed by atoms with E-state index in [2.05, 4.69) is 20.7 Å². The van der Waals surface area contributed by atoms with Gasteiger partial charge < -0.3 is 15.0 Å². The number of hydrogen-bond donors (Lipinski definition) is 1. The van der Waals surface area contributed by atoms with Gasteiger partial charge in [0.2, 0.25) is 0 Å². The highest BCUT2D eigenvalue weighted by atomic mass is 79.9. The first-order valence-electron chi connectivity index (χ1n) is 7.52. The number of hydrogen-bond acceptors (Lipinski definition) is 3. The van der Waals surface area contributed by atoms with Crippen LogP contribution in [0.3, 0.4) is 0 Å². The van der Waals surface area contributed by atoms with Gasteiger partial charge in [-0.1, -0.05) is 0 Å². The van der Waals surface area contributed by atoms with Crippen molar-refractivity contribution in [3.05, 3.63) is 45.0 Å². The molecule has 0 aliphatic rings. The molecule has 0 radical (unpaired) electrons. The molecule has 0 saturated carbocycles. The minimum atomic E-state index is -2.78. The summed E-state index contributed by atoms with van der Waals surface area (Å²) in [7, 11) is 0. The van der Waals surface area contributed by atoms with Crippen LogP contribution < -0.4 is 11.3 Å². The molecule has 0 saturated heterocycles. The zero-order valence-corrected chi connectivity index (χ0v) is 14.4. The minimum Gasteiger partial charge on any atom is -0.328 e. The average molecular weight is 407 g/mol. The number of nitrogens with zero attached hydrogens (tertiary/aromatic N) is 1. The lowest BCUT2D eigenvalue weighted by Crippen LogP contribution is -2.25. The van der Waals surface area contributed by atoms with Gasteiger partial charge >= 0.3 is 6.61 Å². The molecule has 1 heterocycles. The fourth-order valence-electron chi connectivity index (χ4n) is 2.43. The first kappa shape index (κ1) is 19.0. The van der Waals surface area contributed by atoms with Crippen molar-refractivity contribution >= 4 is 26.7 Å². The Hall–Kier alpha value is -1.38. The van der Waals surface area contributed by atoms with Crippen LogP contribution in [0.1, 0.15) is 19.3 Å². The molecular weight excluding hydrogens is 389 g/mol. The number of nitrogens with two attached hydrogens (primary N) is 1. The predicted octanol–water partition coefficient (Wildman–Crippen LogP) is 3.64. The molecule has 2 rings (SSSR count). The number of aryl methyl sites for hydroxylation is 1. The molecule has 0 aliphatic heterocycles. The van der Waals surface area contributed by atoms with Gasteiger partial charge in [0, 0.05) is 18.8 Å². The van der Waals surface area contributed by atoms with E-state index < -0.39 is 12.4 Å². The Morgan fingerprint density at radius 3 is 2.75 bits per heavy atom. The lowest BCUT2D eigenvalue weighted by Gasteiger charge is -2.12. The van der Waals surface area contributed by atoms with Gasteiger partial charge in [-0.25, -0.2) is 4.39 Å². The summed E-state index contributed by atoms with van der Waals surface area (Å²) in [5, 5.41) is 0.971. The molecule has 2 aromatic rings. The predicted molar refractivity (Wildman–Crippen MR) is 89.6 cm³/mol. The number of ether oxygens (including phenoxy) is 1. The van der Waals surface area contributed by atoms with Crippen LogP contribution in [0.2, 0.25) is 0 Å². The Morgan fingerprint density at radius 2 is 2.04 bits per heavy atom. The third-order valence-corrected chi connectivity index (χ3v) is 4.33. The van der Waals surface area contributed by atoms with E-state index in [9.17, 15) is 18.0 Å². The fourth-order valence-corrected chi connectivity index (χ4v) is 2.79. The maximum Gasteiger partial charge on any atom is 0.345 e. The third-order valence-electron chi connectivity index (χ3n) is 3.72. The number of benzene rings is 1. The number of halogens is 4. The van der Waals surface area contributed by atoms with Crippen LogP contribution in [-0.4, -0.2) is 23.8 Å². The van der Waals surface area contributed by atoms with E-state index in [0.717, 1.165) is 0 Å². The van der Waals surface area contributed by atoms with E-state index in [1.165, 1.54) is 10.6 Å². The Balaban J connectivity index is 1.95. The molecule has 132 valence electrons. The van der Waals surface area contributed by atoms with Crippen LogP contribution >= 0.6 is 15.9 Å². The molecule has 8 heteroatoms. The molecule has 1 aromatic heterocycles. The van der Waals surface area contributed by atoms with Crippen molar-refractivity contribution in [1.29, 1.82) is 0 Å². The molecule has 1 unspecified atom stereocenters. The van der Waals surface area contributed by atoms with Gasteiger partial charge in [-0.2, -0.15) is 8.78 Å². The Kier molecular flexibility index (Phi) is 6.82. The number of aromatic nitrogens is 1. The smallest absolute Gasteiger partial charge is 0.328 e. The van der Waals surface area contributed by atoms with Gasteiger partial charge in [-0.05, 0) is 58.8 Å². The van der Waals surface area contributed by atoms with Crippen molar-refractivity contribution in [2.45, 2.75) is 38.5 Å². The Morgan fingerprint density at radius 1 is 1.29 bits per heavy atom. The van der Waals surface area contributed by atoms with Gasteiger partial charge in [0.05, 0.1) is 16.5 Å². The molecule has 24 heavy (non-hydrogen) atoms. The summed E-state index contributed by atoms with van der Waals surface area (Å²) in [5.74, 6) is -0.488. The monoisotopic (exact) mass is 406 g/mol. The molecule has 0 bridgehead atoms. The molecule has 0 fully saturated rings. The highest BCUT2D eigenvalue weighted by Crippen LogP contribution is 2.21. The summed E-state index contributed by atoms with van der Waals surface area (Å²) in [6, 6.07) is 4.26. The zero-order valence-electron chi connectivity index (χ0n) is 12.9. The first-order valence-corrected chi connectivity index (χ1v) is 8.31. The highest BCUT2D eigenvalue weighted by molar-refractivity contribution is 9.10. The summed E-state index contributed by atoms with van der Waals surface area (Å²) < 4.78 is 43.3. The topological polar surface area (TPSA) is 57.2 Å². The van der Waals surface area contributed by atoms with Crippen molar-refractivity contribution in [3.8, 4) is 0 Å². The summed E-state index contributed by atoms with van der Waals surface area (Å²) in [5.41, 5.74) is 5.55. The van der Waals surface area contributed by atoms with Crippen molar-refractivity contribution in [2.24, 2.45) is 5.73 Å². The minimum absolute atomic E-state index is 0.0943. The maximum absolute atomic E-state index is 13.6. The van der Waals surface area contributed by atoms with Crippen LogP contribution in [0, 0.1) is 5.82 Å². The van der Waals surface area contributed by atoms with Crippen molar-refractivity contribution < 1.29 is 17.9 Å². The summed E-state index contributed by atoms with van der Waals surface area (Å²) in [4.78, 5) is 12.4. The average Bonchev–Trinajstić information content (AvgIpc) is 2.51. The first-order chi connectivity index (χ1) is 11.4. The third kappa shape index (κ3) is 5.06. The fraction of sp³-hybridized carbons (Fsp3) is 0.438. The number of fused-ring (bicyclic) bond motifs is 1. The van der Waals surface area contributed by atoms with Gasteiger partial charge in [0.25, 0.3) is 5.56 Å². The molecule has 2 N–H and O–H groups in total. The van der Waals surface area contributed by atoms with E-state index >= 15 is 0 Å². The standard InChI is InChI=1S/C16H18BrF3N2O2/c17-13-8-10-3-6-22(15(23)12(10)9-14(13)18)5-1-2-11(21)4-7-24-16(19)20/h3,6,8-9,11,16H,1-2,4-5,7,21H2. The summed E-state index contributed by atoms with van der Waals surface area (Å²) in [6.07, 6.45) is 3.17. The highest BCUT2D eigenvalue weighted by Gasteiger charge is 2.09. The number of rotatable bonds is 8. The van der Waals surface area contributed by atoms with Gasteiger partial charge in [0.1, 0.15) is 5.82 Å². The molecule has 1 atom stereocenters. The van der Waals surface area contributed by atoms with Crippen molar-refractivity contribution in [2.75, 3.05) is 6.61 Å².